The molecule has 11 heavy (non-hydrogen) atoms. The first kappa shape index (κ1) is 11.5. The van der Waals surface area contributed by atoms with E-state index in [2.05, 4.69) is 25.7 Å². The Morgan fingerprint density at radius 3 is 2.18 bits per heavy atom. The van der Waals surface area contributed by atoms with E-state index < -0.39 is 0 Å². The van der Waals surface area contributed by atoms with Gasteiger partial charge < -0.3 is 0 Å². The van der Waals surface area contributed by atoms with Crippen LogP contribution in [0, 0.1) is 0 Å². The molecular weight excluding hydrogens is 195 g/mol. The molecule has 0 amide bonds. The first-order valence-corrected chi connectivity index (χ1v) is 9.27. The van der Waals surface area contributed by atoms with E-state index in [1.165, 1.54) is 31.3 Å². The number of hydrogen-bond donors (Lipinski definition) is 0. The second-order valence-corrected chi connectivity index (χ2v) is 8.15. The maximum absolute atomic E-state index is 2.53. The van der Waals surface area contributed by atoms with Crippen molar-refractivity contribution in [2.75, 3.05) is 19.6 Å². The molecule has 0 atom stereocenters. The summed E-state index contributed by atoms with van der Waals surface area (Å²) in [6.07, 6.45) is 1.47. The summed E-state index contributed by atoms with van der Waals surface area (Å²) in [6.45, 7) is 10.7. The van der Waals surface area contributed by atoms with Crippen molar-refractivity contribution < 1.29 is 0 Å². The van der Waals surface area contributed by atoms with Crippen molar-refractivity contribution in [2.45, 2.75) is 37.7 Å². The van der Waals surface area contributed by atoms with E-state index in [1.54, 1.807) is 5.25 Å². The molecule has 0 saturated carbocycles. The molecule has 0 aliphatic rings. The van der Waals surface area contributed by atoms with E-state index >= 15 is 0 Å². The molecule has 0 aromatic heterocycles. The van der Waals surface area contributed by atoms with E-state index in [0.717, 1.165) is 0 Å². The van der Waals surface area contributed by atoms with Gasteiger partial charge in [-0.15, -0.1) is 0 Å². The molecule has 1 nitrogen and oxygen atoms in total. The van der Waals surface area contributed by atoms with Gasteiger partial charge in [-0.2, -0.15) is 0 Å². The minimum atomic E-state index is -0.0368. The molecule has 0 N–H and O–H groups in total. The topological polar surface area (TPSA) is 3.24 Å². The van der Waals surface area contributed by atoms with Gasteiger partial charge in [0.05, 0.1) is 0 Å². The van der Waals surface area contributed by atoms with E-state index in [9.17, 15) is 0 Å². The van der Waals surface area contributed by atoms with Crippen LogP contribution in [0.2, 0.25) is 10.5 Å². The van der Waals surface area contributed by atoms with Gasteiger partial charge in [-0.3, -0.25) is 0 Å². The second-order valence-electron chi connectivity index (χ2n) is 3.09. The Morgan fingerprint density at radius 1 is 1.09 bits per heavy atom. The monoisotopic (exact) mass is 219 g/mol. The summed E-state index contributed by atoms with van der Waals surface area (Å²) < 4.78 is 0. The summed E-state index contributed by atoms with van der Waals surface area (Å²) in [4.78, 5) is 2.53. The Morgan fingerprint density at radius 2 is 1.73 bits per heavy atom. The average molecular weight is 218 g/mol. The predicted octanol–water partition coefficient (Wildman–Crippen LogP) is 1.74. The molecule has 0 spiro atoms. The fraction of sp³-hybridized carbons (Fsp3) is 1.00. The van der Waals surface area contributed by atoms with Crippen LogP contribution in [-0.2, 0) is 0 Å². The predicted molar refractivity (Wildman–Crippen MR) is 56.2 cm³/mol. The molecule has 0 saturated heterocycles. The molecule has 2 heteroatoms. The van der Waals surface area contributed by atoms with Crippen molar-refractivity contribution in [1.82, 2.24) is 4.90 Å². The zero-order valence-electron chi connectivity index (χ0n) is 8.40. The van der Waals surface area contributed by atoms with Crippen LogP contribution in [0.25, 0.3) is 0 Å². The quantitative estimate of drug-likeness (QED) is 0.464. The molecule has 0 fully saturated rings. The molecule has 68 valence electrons. The van der Waals surface area contributed by atoms with Crippen LogP contribution < -0.4 is 0 Å². The Bertz CT molecular complexity index is 72.0. The standard InChI is InChI=1S/C9H23GeN/c1-4-10-8-7-9-11(5-2)6-3/h4-10H2,1-3H3. The van der Waals surface area contributed by atoms with Gasteiger partial charge in [0.2, 0.25) is 0 Å². The Hall–Kier alpha value is 0.503. The van der Waals surface area contributed by atoms with Crippen LogP contribution in [0.15, 0.2) is 0 Å². The number of hydrogen-bond acceptors (Lipinski definition) is 1. The second kappa shape index (κ2) is 8.60. The van der Waals surface area contributed by atoms with Gasteiger partial charge >= 0.3 is 77.7 Å². The average Bonchev–Trinajstić information content (AvgIpc) is 2.05. The fourth-order valence-electron chi connectivity index (χ4n) is 1.30. The fourth-order valence-corrected chi connectivity index (χ4v) is 3.56. The number of nitrogens with zero attached hydrogens (tertiary/aromatic N) is 1. The van der Waals surface area contributed by atoms with Crippen molar-refractivity contribution in [2.24, 2.45) is 0 Å². The zero-order chi connectivity index (χ0) is 8.53. The summed E-state index contributed by atoms with van der Waals surface area (Å²) in [7, 11) is 0. The van der Waals surface area contributed by atoms with E-state index in [1.807, 2.05) is 0 Å². The van der Waals surface area contributed by atoms with Crippen LogP contribution in [0.3, 0.4) is 0 Å². The summed E-state index contributed by atoms with van der Waals surface area (Å²) in [5.74, 6) is 0. The summed E-state index contributed by atoms with van der Waals surface area (Å²) in [6, 6.07) is 0. The SMILES string of the molecule is C[CH2][GeH2][CH2]CCN(CC)CC. The minimum absolute atomic E-state index is 0.0368. The van der Waals surface area contributed by atoms with Gasteiger partial charge in [0.1, 0.15) is 0 Å². The zero-order valence-corrected chi connectivity index (χ0v) is 11.4. The van der Waals surface area contributed by atoms with Gasteiger partial charge in [0, 0.05) is 0 Å². The van der Waals surface area contributed by atoms with Crippen LogP contribution in [0.4, 0.5) is 0 Å². The molecule has 0 aliphatic carbocycles. The van der Waals surface area contributed by atoms with Gasteiger partial charge in [0.15, 0.2) is 0 Å². The Balaban J connectivity index is 3.07. The van der Waals surface area contributed by atoms with Crippen molar-refractivity contribution in [3.63, 3.8) is 0 Å². The van der Waals surface area contributed by atoms with Crippen molar-refractivity contribution in [3.05, 3.63) is 0 Å². The van der Waals surface area contributed by atoms with Crippen LogP contribution >= 0.6 is 0 Å². The summed E-state index contributed by atoms with van der Waals surface area (Å²) >= 11 is -0.0368. The molecular formula is C9H23GeN. The van der Waals surface area contributed by atoms with Gasteiger partial charge in [-0.05, 0) is 0 Å². The van der Waals surface area contributed by atoms with E-state index in [4.69, 9.17) is 0 Å². The maximum atomic E-state index is 2.53. The van der Waals surface area contributed by atoms with Gasteiger partial charge in [-0.1, -0.05) is 0 Å². The summed E-state index contributed by atoms with van der Waals surface area (Å²) in [5.41, 5.74) is 0. The molecule has 0 bridgehead atoms. The molecule has 0 aromatic rings. The molecule has 0 aliphatic heterocycles. The van der Waals surface area contributed by atoms with Crippen molar-refractivity contribution in [1.29, 1.82) is 0 Å². The van der Waals surface area contributed by atoms with Crippen molar-refractivity contribution in [3.8, 4) is 0 Å². The van der Waals surface area contributed by atoms with Gasteiger partial charge in [-0.25, -0.2) is 0 Å². The first-order chi connectivity index (χ1) is 5.35. The van der Waals surface area contributed by atoms with Crippen LogP contribution in [0.5, 0.6) is 0 Å². The normalized spacial score (nSPS) is 12.0. The van der Waals surface area contributed by atoms with Gasteiger partial charge in [0.25, 0.3) is 0 Å². The Labute approximate surface area is 78.0 Å². The molecule has 0 radical (unpaired) electrons. The molecule has 0 unspecified atom stereocenters. The third-order valence-corrected chi connectivity index (χ3v) is 5.80. The Kier molecular flexibility index (Phi) is 8.99. The third-order valence-electron chi connectivity index (χ3n) is 2.22. The van der Waals surface area contributed by atoms with E-state index in [0.29, 0.717) is 0 Å². The molecule has 0 aromatic carbocycles. The first-order valence-electron chi connectivity index (χ1n) is 5.07. The van der Waals surface area contributed by atoms with Crippen LogP contribution in [-0.4, -0.2) is 40.0 Å². The van der Waals surface area contributed by atoms with Crippen molar-refractivity contribution >= 4 is 15.4 Å². The summed E-state index contributed by atoms with van der Waals surface area (Å²) in [5, 5.41) is 3.13. The molecule has 0 rings (SSSR count). The van der Waals surface area contributed by atoms with Crippen LogP contribution in [0.1, 0.15) is 27.2 Å². The number of rotatable bonds is 7. The van der Waals surface area contributed by atoms with E-state index in [-0.39, 0.29) is 15.4 Å². The molecule has 0 heterocycles. The third kappa shape index (κ3) is 6.88.